The number of carbonyl (C=O) groups excluding carboxylic acids is 2. The average Bonchev–Trinajstić information content (AvgIpc) is 2.79. The molecule has 1 aliphatic rings. The first-order chi connectivity index (χ1) is 14.6. The second kappa shape index (κ2) is 10.0. The number of ether oxygens (including phenoxy) is 3. The Morgan fingerprint density at radius 1 is 1.03 bits per heavy atom. The lowest BCUT2D eigenvalue weighted by Gasteiger charge is -2.34. The third kappa shape index (κ3) is 4.67. The molecule has 7 nitrogen and oxygen atoms in total. The van der Waals surface area contributed by atoms with Crippen molar-refractivity contribution in [3.8, 4) is 17.2 Å². The maximum atomic E-state index is 13.3. The van der Waals surface area contributed by atoms with E-state index in [9.17, 15) is 9.59 Å². The number of amides is 2. The number of likely N-dealkylation sites (tertiary alicyclic amines) is 1. The van der Waals surface area contributed by atoms with E-state index in [1.54, 1.807) is 38.4 Å². The van der Waals surface area contributed by atoms with Gasteiger partial charge in [0.1, 0.15) is 23.3 Å². The summed E-state index contributed by atoms with van der Waals surface area (Å²) in [4.78, 5) is 27.5. The molecule has 0 spiro atoms. The molecule has 2 amide bonds. The van der Waals surface area contributed by atoms with Crippen molar-refractivity contribution in [2.45, 2.75) is 31.8 Å². The molecule has 1 N–H and O–H groups in total. The summed E-state index contributed by atoms with van der Waals surface area (Å²) in [6.45, 7) is 0.765. The van der Waals surface area contributed by atoms with Gasteiger partial charge < -0.3 is 24.4 Å². The Balaban J connectivity index is 1.86. The number of benzene rings is 2. The van der Waals surface area contributed by atoms with Gasteiger partial charge in [0.05, 0.1) is 33.4 Å². The van der Waals surface area contributed by atoms with Crippen molar-refractivity contribution in [2.24, 2.45) is 0 Å². The van der Waals surface area contributed by atoms with Gasteiger partial charge in [-0.15, -0.1) is 0 Å². The monoisotopic (exact) mass is 412 g/mol. The van der Waals surface area contributed by atoms with Crippen molar-refractivity contribution in [1.82, 2.24) is 10.2 Å². The van der Waals surface area contributed by atoms with Gasteiger partial charge in [0.2, 0.25) is 11.8 Å². The summed E-state index contributed by atoms with van der Waals surface area (Å²) in [6.07, 6.45) is 2.22. The van der Waals surface area contributed by atoms with Crippen molar-refractivity contribution < 1.29 is 23.8 Å². The lowest BCUT2D eigenvalue weighted by molar-refractivity contribution is -0.142. The number of methoxy groups -OCH3 is 3. The smallest absolute Gasteiger partial charge is 0.247 e. The Kier molecular flexibility index (Phi) is 7.17. The normalized spacial score (nSPS) is 14.8. The number of piperidine rings is 1. The molecule has 1 fully saturated rings. The van der Waals surface area contributed by atoms with Gasteiger partial charge in [-0.1, -0.05) is 30.3 Å². The molecule has 1 unspecified atom stereocenters. The molecule has 0 radical (unpaired) electrons. The lowest BCUT2D eigenvalue weighted by Crippen LogP contribution is -2.45. The van der Waals surface area contributed by atoms with Gasteiger partial charge in [-0.25, -0.2) is 0 Å². The maximum absolute atomic E-state index is 13.3. The molecular weight excluding hydrogens is 384 g/mol. The standard InChI is InChI=1S/C23H28N2O5/c1-28-17-13-19(29-2)18(20(14-17)30-3)15-24-23(27)22(16-9-5-4-6-10-16)25-12-8-7-11-21(25)26/h4-6,9-10,13-14,22H,7-8,11-12,15H2,1-3H3,(H,24,27). The summed E-state index contributed by atoms with van der Waals surface area (Å²) >= 11 is 0. The molecule has 1 atom stereocenters. The van der Waals surface area contributed by atoms with Gasteiger partial charge in [-0.3, -0.25) is 9.59 Å². The van der Waals surface area contributed by atoms with E-state index in [1.165, 1.54) is 0 Å². The van der Waals surface area contributed by atoms with E-state index < -0.39 is 6.04 Å². The highest BCUT2D eigenvalue weighted by molar-refractivity contribution is 5.89. The lowest BCUT2D eigenvalue weighted by atomic mass is 10.0. The van der Waals surface area contributed by atoms with Crippen LogP contribution in [0.2, 0.25) is 0 Å². The minimum Gasteiger partial charge on any atom is -0.496 e. The van der Waals surface area contributed by atoms with E-state index in [1.807, 2.05) is 30.3 Å². The Hall–Kier alpha value is -3.22. The van der Waals surface area contributed by atoms with E-state index >= 15 is 0 Å². The average molecular weight is 412 g/mol. The molecule has 30 heavy (non-hydrogen) atoms. The topological polar surface area (TPSA) is 77.1 Å². The second-order valence-corrected chi connectivity index (χ2v) is 7.09. The Morgan fingerprint density at radius 3 is 2.27 bits per heavy atom. The van der Waals surface area contributed by atoms with Gasteiger partial charge in [0.15, 0.2) is 0 Å². The van der Waals surface area contributed by atoms with Crippen molar-refractivity contribution in [2.75, 3.05) is 27.9 Å². The molecule has 160 valence electrons. The van der Waals surface area contributed by atoms with Crippen molar-refractivity contribution in [3.05, 3.63) is 53.6 Å². The highest BCUT2D eigenvalue weighted by atomic mass is 16.5. The largest absolute Gasteiger partial charge is 0.496 e. The molecule has 1 saturated heterocycles. The summed E-state index contributed by atoms with van der Waals surface area (Å²) in [5, 5.41) is 2.97. The number of nitrogens with one attached hydrogen (secondary N) is 1. The van der Waals surface area contributed by atoms with Crippen LogP contribution in [0, 0.1) is 0 Å². The van der Waals surface area contributed by atoms with E-state index in [-0.39, 0.29) is 18.4 Å². The Morgan fingerprint density at radius 2 is 1.70 bits per heavy atom. The van der Waals surface area contributed by atoms with Crippen LogP contribution in [-0.4, -0.2) is 44.6 Å². The minimum absolute atomic E-state index is 0.00450. The first-order valence-electron chi connectivity index (χ1n) is 10.00. The molecule has 2 aromatic rings. The van der Waals surface area contributed by atoms with E-state index in [0.717, 1.165) is 18.4 Å². The van der Waals surface area contributed by atoms with Gasteiger partial charge in [0.25, 0.3) is 0 Å². The van der Waals surface area contributed by atoms with E-state index in [2.05, 4.69) is 5.32 Å². The van der Waals surface area contributed by atoms with E-state index in [0.29, 0.717) is 35.8 Å². The third-order valence-electron chi connectivity index (χ3n) is 5.29. The summed E-state index contributed by atoms with van der Waals surface area (Å²) in [6, 6.07) is 12.2. The van der Waals surface area contributed by atoms with Crippen molar-refractivity contribution in [3.63, 3.8) is 0 Å². The molecule has 0 saturated carbocycles. The van der Waals surface area contributed by atoms with E-state index in [4.69, 9.17) is 14.2 Å². The fourth-order valence-electron chi connectivity index (χ4n) is 3.73. The van der Waals surface area contributed by atoms with Crippen LogP contribution in [0.25, 0.3) is 0 Å². The molecule has 2 aromatic carbocycles. The van der Waals surface area contributed by atoms with Crippen LogP contribution in [0.3, 0.4) is 0 Å². The zero-order valence-electron chi connectivity index (χ0n) is 17.6. The van der Waals surface area contributed by atoms with Gasteiger partial charge in [-0.2, -0.15) is 0 Å². The molecule has 1 aliphatic heterocycles. The summed E-state index contributed by atoms with van der Waals surface area (Å²) in [5.41, 5.74) is 1.49. The Labute approximate surface area is 176 Å². The molecule has 0 aromatic heterocycles. The summed E-state index contributed by atoms with van der Waals surface area (Å²) in [7, 11) is 4.67. The van der Waals surface area contributed by atoms with Crippen LogP contribution in [0.5, 0.6) is 17.2 Å². The first-order valence-corrected chi connectivity index (χ1v) is 10.00. The molecule has 0 aliphatic carbocycles. The highest BCUT2D eigenvalue weighted by Crippen LogP contribution is 2.34. The van der Waals surface area contributed by atoms with Crippen LogP contribution >= 0.6 is 0 Å². The van der Waals surface area contributed by atoms with Crippen LogP contribution < -0.4 is 19.5 Å². The predicted molar refractivity (Wildman–Crippen MR) is 113 cm³/mol. The zero-order valence-corrected chi connectivity index (χ0v) is 17.6. The fraction of sp³-hybridized carbons (Fsp3) is 0.391. The highest BCUT2D eigenvalue weighted by Gasteiger charge is 2.32. The SMILES string of the molecule is COc1cc(OC)c(CNC(=O)C(c2ccccc2)N2CCCCC2=O)c(OC)c1. The predicted octanol–water partition coefficient (Wildman–Crippen LogP) is 3.08. The molecule has 0 bridgehead atoms. The minimum atomic E-state index is -0.672. The number of hydrogen-bond acceptors (Lipinski definition) is 5. The van der Waals surface area contributed by atoms with Crippen molar-refractivity contribution in [1.29, 1.82) is 0 Å². The van der Waals surface area contributed by atoms with Crippen molar-refractivity contribution >= 4 is 11.8 Å². The number of nitrogens with zero attached hydrogens (tertiary/aromatic N) is 1. The fourth-order valence-corrected chi connectivity index (χ4v) is 3.73. The number of rotatable bonds is 8. The number of hydrogen-bond donors (Lipinski definition) is 1. The van der Waals surface area contributed by atoms with Crippen LogP contribution in [0.4, 0.5) is 0 Å². The zero-order chi connectivity index (χ0) is 21.5. The first kappa shape index (κ1) is 21.5. The molecule has 3 rings (SSSR count). The van der Waals surface area contributed by atoms with Gasteiger partial charge >= 0.3 is 0 Å². The van der Waals surface area contributed by atoms with Gasteiger partial charge in [-0.05, 0) is 18.4 Å². The maximum Gasteiger partial charge on any atom is 0.247 e. The summed E-state index contributed by atoms with van der Waals surface area (Å²) in [5.74, 6) is 1.47. The van der Waals surface area contributed by atoms with Crippen LogP contribution in [0.1, 0.15) is 36.4 Å². The van der Waals surface area contributed by atoms with Crippen LogP contribution in [0.15, 0.2) is 42.5 Å². The van der Waals surface area contributed by atoms with Crippen LogP contribution in [-0.2, 0) is 16.1 Å². The number of carbonyl (C=O) groups is 2. The molecule has 1 heterocycles. The molecule has 7 heteroatoms. The summed E-state index contributed by atoms with van der Waals surface area (Å²) < 4.78 is 16.2. The third-order valence-corrected chi connectivity index (χ3v) is 5.29. The molecular formula is C23H28N2O5. The Bertz CT molecular complexity index is 859. The van der Waals surface area contributed by atoms with Gasteiger partial charge in [0, 0.05) is 25.1 Å². The second-order valence-electron chi connectivity index (χ2n) is 7.09. The quantitative estimate of drug-likeness (QED) is 0.721.